The van der Waals surface area contributed by atoms with Gasteiger partial charge in [-0.25, -0.2) is 0 Å². The number of fused-ring (bicyclic) bond motifs is 2. The Morgan fingerprint density at radius 1 is 0.688 bits per heavy atom. The van der Waals surface area contributed by atoms with E-state index in [-0.39, 0.29) is 11.8 Å². The summed E-state index contributed by atoms with van der Waals surface area (Å²) in [6.07, 6.45) is 16.0. The maximum Gasteiger partial charge on any atom is 0.148 e. The van der Waals surface area contributed by atoms with Crippen molar-refractivity contribution in [2.45, 2.75) is 107 Å². The summed E-state index contributed by atoms with van der Waals surface area (Å²) in [5.74, 6) is 4.64. The number of ether oxygens (including phenoxy) is 2. The van der Waals surface area contributed by atoms with Crippen LogP contribution in [0.5, 0.6) is 11.5 Å². The number of aliphatic hydroxyl groups is 2. The molecule has 2 fully saturated rings. The first-order chi connectivity index (χ1) is 23.3. The normalized spacial score (nSPS) is 23.4. The van der Waals surface area contributed by atoms with Crippen LogP contribution in [0.4, 0.5) is 0 Å². The van der Waals surface area contributed by atoms with E-state index in [0.29, 0.717) is 13.2 Å². The lowest BCUT2D eigenvalue weighted by Crippen LogP contribution is -2.46. The maximum atomic E-state index is 11.3. The molecule has 2 aliphatic heterocycles. The van der Waals surface area contributed by atoms with E-state index < -0.39 is 11.2 Å². The maximum absolute atomic E-state index is 11.3. The molecule has 2 N–H and O–H groups in total. The van der Waals surface area contributed by atoms with Crippen LogP contribution in [0.25, 0.3) is 0 Å². The number of hydrogen-bond acceptors (Lipinski definition) is 6. The molecule has 0 radical (unpaired) electrons. The second kappa shape index (κ2) is 15.5. The number of nitrogens with zero attached hydrogens (tertiary/aromatic N) is 2. The molecule has 0 saturated heterocycles. The molecule has 0 aromatic heterocycles. The van der Waals surface area contributed by atoms with Crippen molar-refractivity contribution in [2.24, 2.45) is 0 Å². The minimum Gasteiger partial charge on any atom is -0.489 e. The van der Waals surface area contributed by atoms with E-state index in [1.165, 1.54) is 40.7 Å². The molecule has 0 spiro atoms. The van der Waals surface area contributed by atoms with Gasteiger partial charge in [-0.3, -0.25) is 0 Å². The van der Waals surface area contributed by atoms with Gasteiger partial charge in [-0.15, -0.1) is 6.42 Å². The Hall–Kier alpha value is -3.34. The summed E-state index contributed by atoms with van der Waals surface area (Å²) in [4.78, 5) is 4.63. The average Bonchev–Trinajstić information content (AvgIpc) is 3.10. The minimum absolute atomic E-state index is 0.197. The molecular weight excluding hydrogens is 596 g/mol. The molecule has 2 heterocycles. The number of terminal acetylenes is 1. The quantitative estimate of drug-likeness (QED) is 0.260. The lowest BCUT2D eigenvalue weighted by Gasteiger charge is -2.44. The van der Waals surface area contributed by atoms with Crippen molar-refractivity contribution in [3.05, 3.63) is 94.5 Å². The molecule has 3 aromatic carbocycles. The number of rotatable bonds is 7. The molecule has 3 aromatic rings. The first-order valence-electron chi connectivity index (χ1n) is 18.1. The van der Waals surface area contributed by atoms with Crippen LogP contribution in [-0.2, 0) is 19.7 Å². The Kier molecular flexibility index (Phi) is 11.1. The molecule has 4 aliphatic rings. The highest BCUT2D eigenvalue weighted by molar-refractivity contribution is 5.42. The molecule has 2 saturated carbocycles. The van der Waals surface area contributed by atoms with Crippen molar-refractivity contribution in [1.29, 1.82) is 0 Å². The van der Waals surface area contributed by atoms with Crippen LogP contribution in [0.15, 0.2) is 66.7 Å². The summed E-state index contributed by atoms with van der Waals surface area (Å²) in [5, 5.41) is 22.5. The van der Waals surface area contributed by atoms with Crippen LogP contribution in [0.3, 0.4) is 0 Å². The monoisotopic (exact) mass is 650 g/mol. The van der Waals surface area contributed by atoms with Gasteiger partial charge in [0.05, 0.1) is 11.2 Å². The van der Waals surface area contributed by atoms with E-state index in [2.05, 4.69) is 72.3 Å². The molecule has 0 bridgehead atoms. The van der Waals surface area contributed by atoms with Crippen LogP contribution in [0.1, 0.15) is 104 Å². The topological polar surface area (TPSA) is 65.4 Å². The highest BCUT2D eigenvalue weighted by atomic mass is 16.5. The summed E-state index contributed by atoms with van der Waals surface area (Å²) < 4.78 is 11.6. The summed E-state index contributed by atoms with van der Waals surface area (Å²) in [7, 11) is 4.27. The molecule has 6 nitrogen and oxygen atoms in total. The number of benzene rings is 3. The van der Waals surface area contributed by atoms with Gasteiger partial charge in [-0.2, -0.15) is 0 Å². The van der Waals surface area contributed by atoms with E-state index in [0.717, 1.165) is 89.0 Å². The second-order valence-corrected chi connectivity index (χ2v) is 14.8. The predicted molar refractivity (Wildman–Crippen MR) is 192 cm³/mol. The van der Waals surface area contributed by atoms with Crippen LogP contribution in [-0.4, -0.2) is 65.0 Å². The third kappa shape index (κ3) is 8.09. The largest absolute Gasteiger partial charge is 0.489 e. The lowest BCUT2D eigenvalue weighted by molar-refractivity contribution is -0.0336. The van der Waals surface area contributed by atoms with Crippen molar-refractivity contribution in [3.63, 3.8) is 0 Å². The summed E-state index contributed by atoms with van der Waals surface area (Å²) in [6.45, 7) is 4.56. The zero-order valence-corrected chi connectivity index (χ0v) is 29.0. The molecule has 48 heavy (non-hydrogen) atoms. The molecule has 2 aliphatic carbocycles. The van der Waals surface area contributed by atoms with E-state index in [4.69, 9.17) is 15.9 Å². The van der Waals surface area contributed by atoms with Gasteiger partial charge < -0.3 is 29.5 Å². The Morgan fingerprint density at radius 2 is 1.17 bits per heavy atom. The minimum atomic E-state index is -0.553. The van der Waals surface area contributed by atoms with E-state index in [9.17, 15) is 10.2 Å². The van der Waals surface area contributed by atoms with Crippen molar-refractivity contribution in [3.8, 4) is 23.8 Å². The van der Waals surface area contributed by atoms with Crippen LogP contribution in [0, 0.1) is 12.3 Å². The zero-order chi connectivity index (χ0) is 33.6. The van der Waals surface area contributed by atoms with E-state index >= 15 is 0 Å². The smallest absolute Gasteiger partial charge is 0.148 e. The zero-order valence-electron chi connectivity index (χ0n) is 29.0. The molecular formula is C42H54N2O4. The Bertz CT molecular complexity index is 1540. The first kappa shape index (κ1) is 34.5. The molecule has 2 atom stereocenters. The summed E-state index contributed by atoms with van der Waals surface area (Å²) in [5.41, 5.74) is 5.24. The highest BCUT2D eigenvalue weighted by Gasteiger charge is 2.43. The standard InChI is InChI=1S/C23H29NO2.C19H25NO2/c1-24-15-19-14-20(26-17-18-8-4-2-5-9-18)10-11-21(19)22(16-24)23(25)12-6-3-7-13-23;1-3-11-22-16-7-8-17-15(12-16)13-20(2)14-18(17)19(21)9-5-4-6-10-19/h2,4-5,8-11,14,22,25H,3,6-7,12-13,15-17H2,1H3;1,7-8,12,18,21H,4-6,9-11,13-14H2,2H3. The van der Waals surface area contributed by atoms with Crippen LogP contribution >= 0.6 is 0 Å². The highest BCUT2D eigenvalue weighted by Crippen LogP contribution is 2.45. The van der Waals surface area contributed by atoms with Gasteiger partial charge in [0.15, 0.2) is 0 Å². The third-order valence-corrected chi connectivity index (χ3v) is 11.2. The van der Waals surface area contributed by atoms with Crippen LogP contribution < -0.4 is 9.47 Å². The number of hydrogen-bond donors (Lipinski definition) is 2. The van der Waals surface area contributed by atoms with Crippen molar-refractivity contribution >= 4 is 0 Å². The van der Waals surface area contributed by atoms with Gasteiger partial charge in [0.25, 0.3) is 0 Å². The summed E-state index contributed by atoms with van der Waals surface area (Å²) in [6, 6.07) is 22.9. The molecule has 0 amide bonds. The van der Waals surface area contributed by atoms with Gasteiger partial charge in [0.2, 0.25) is 0 Å². The van der Waals surface area contributed by atoms with E-state index in [1.807, 2.05) is 24.3 Å². The Balaban J connectivity index is 0.000000170. The summed E-state index contributed by atoms with van der Waals surface area (Å²) >= 11 is 0. The van der Waals surface area contributed by atoms with E-state index in [1.54, 1.807) is 0 Å². The second-order valence-electron chi connectivity index (χ2n) is 14.8. The Labute approximate surface area is 288 Å². The van der Waals surface area contributed by atoms with Crippen molar-refractivity contribution in [1.82, 2.24) is 9.80 Å². The van der Waals surface area contributed by atoms with Crippen molar-refractivity contribution in [2.75, 3.05) is 33.8 Å². The predicted octanol–water partition coefficient (Wildman–Crippen LogP) is 7.41. The van der Waals surface area contributed by atoms with Crippen LogP contribution in [0.2, 0.25) is 0 Å². The van der Waals surface area contributed by atoms with Gasteiger partial charge in [-0.05, 0) is 91.9 Å². The molecule has 7 rings (SSSR count). The SMILES string of the molecule is C#CCOc1ccc2c(c1)CN(C)CC2C1(O)CCCCC1.CN1Cc2cc(OCc3ccccc3)ccc2C(C2(O)CCCCC2)C1. The average molecular weight is 651 g/mol. The van der Waals surface area contributed by atoms with Gasteiger partial charge in [0, 0.05) is 38.0 Å². The lowest BCUT2D eigenvalue weighted by atomic mass is 9.70. The molecule has 2 unspecified atom stereocenters. The van der Waals surface area contributed by atoms with Crippen molar-refractivity contribution < 1.29 is 19.7 Å². The fraction of sp³-hybridized carbons (Fsp3) is 0.524. The van der Waals surface area contributed by atoms with Gasteiger partial charge >= 0.3 is 0 Å². The third-order valence-electron chi connectivity index (χ3n) is 11.2. The fourth-order valence-corrected chi connectivity index (χ4v) is 8.64. The van der Waals surface area contributed by atoms with Gasteiger partial charge in [0.1, 0.15) is 24.7 Å². The van der Waals surface area contributed by atoms with Gasteiger partial charge in [-0.1, -0.05) is 86.9 Å². The Morgan fingerprint density at radius 3 is 1.65 bits per heavy atom. The first-order valence-corrected chi connectivity index (χ1v) is 18.1. The fourth-order valence-electron chi connectivity index (χ4n) is 8.64. The molecule has 6 heteroatoms. The molecule has 256 valence electrons. The number of likely N-dealkylation sites (N-methyl/N-ethyl adjacent to an activating group) is 2.